The van der Waals surface area contributed by atoms with E-state index in [0.29, 0.717) is 10.2 Å². The largest absolute Gasteiger partial charge is 0.476 e. The highest BCUT2D eigenvalue weighted by atomic mass is 79.9. The molecule has 0 aliphatic carbocycles. The first-order valence-electron chi connectivity index (χ1n) is 4.47. The van der Waals surface area contributed by atoms with Crippen molar-refractivity contribution in [3.05, 3.63) is 34.7 Å². The van der Waals surface area contributed by atoms with E-state index in [1.54, 1.807) is 31.6 Å². The van der Waals surface area contributed by atoms with E-state index in [4.69, 9.17) is 5.11 Å². The van der Waals surface area contributed by atoms with Crippen molar-refractivity contribution < 1.29 is 9.90 Å². The van der Waals surface area contributed by atoms with Crippen LogP contribution in [0.5, 0.6) is 0 Å². The Hall–Kier alpha value is -1.69. The Bertz CT molecular complexity index is 536. The molecule has 0 saturated heterocycles. The SMILES string of the molecule is Cn1nc(-c2ccncc2)c(Br)c1C(=O)O. The zero-order valence-electron chi connectivity index (χ0n) is 8.38. The molecule has 0 bridgehead atoms. The van der Waals surface area contributed by atoms with Gasteiger partial charge in [0.1, 0.15) is 5.69 Å². The molecule has 2 aromatic heterocycles. The molecule has 0 atom stereocenters. The van der Waals surface area contributed by atoms with Gasteiger partial charge >= 0.3 is 5.97 Å². The quantitative estimate of drug-likeness (QED) is 0.914. The molecule has 0 aliphatic rings. The van der Waals surface area contributed by atoms with Crippen LogP contribution in [-0.4, -0.2) is 25.8 Å². The van der Waals surface area contributed by atoms with Crippen molar-refractivity contribution in [3.63, 3.8) is 0 Å². The molecule has 0 unspecified atom stereocenters. The van der Waals surface area contributed by atoms with Gasteiger partial charge in [-0.25, -0.2) is 4.79 Å². The third-order valence-corrected chi connectivity index (χ3v) is 2.90. The highest BCUT2D eigenvalue weighted by molar-refractivity contribution is 9.10. The topological polar surface area (TPSA) is 68.0 Å². The Morgan fingerprint density at radius 1 is 1.44 bits per heavy atom. The molecule has 2 aromatic rings. The van der Waals surface area contributed by atoms with Crippen molar-refractivity contribution in [2.75, 3.05) is 0 Å². The van der Waals surface area contributed by atoms with E-state index in [0.717, 1.165) is 5.56 Å². The van der Waals surface area contributed by atoms with E-state index in [1.165, 1.54) is 4.68 Å². The van der Waals surface area contributed by atoms with Gasteiger partial charge in [0.2, 0.25) is 0 Å². The van der Waals surface area contributed by atoms with Crippen LogP contribution in [0, 0.1) is 0 Å². The standard InChI is InChI=1S/C10H8BrN3O2/c1-14-9(10(15)16)7(11)8(13-14)6-2-4-12-5-3-6/h2-5H,1H3,(H,15,16). The first-order valence-corrected chi connectivity index (χ1v) is 5.26. The average molecular weight is 282 g/mol. The molecule has 0 aliphatic heterocycles. The molecule has 5 nitrogen and oxygen atoms in total. The lowest BCUT2D eigenvalue weighted by Crippen LogP contribution is -2.05. The van der Waals surface area contributed by atoms with Gasteiger partial charge in [-0.3, -0.25) is 9.67 Å². The van der Waals surface area contributed by atoms with Crippen molar-refractivity contribution in [2.45, 2.75) is 0 Å². The van der Waals surface area contributed by atoms with Crippen LogP contribution in [0.2, 0.25) is 0 Å². The summed E-state index contributed by atoms with van der Waals surface area (Å²) in [6.07, 6.45) is 3.27. The molecule has 0 spiro atoms. The number of pyridine rings is 1. The predicted octanol–water partition coefficient (Wildman–Crippen LogP) is 1.94. The van der Waals surface area contributed by atoms with Crippen molar-refractivity contribution in [1.29, 1.82) is 0 Å². The van der Waals surface area contributed by atoms with E-state index in [2.05, 4.69) is 26.0 Å². The maximum atomic E-state index is 11.0. The number of carboxylic acids is 1. The van der Waals surface area contributed by atoms with Crippen LogP contribution in [0.4, 0.5) is 0 Å². The summed E-state index contributed by atoms with van der Waals surface area (Å²) < 4.78 is 1.82. The Labute approximate surface area is 99.9 Å². The van der Waals surface area contributed by atoms with Crippen LogP contribution in [0.1, 0.15) is 10.5 Å². The molecule has 0 radical (unpaired) electrons. The Balaban J connectivity index is 2.61. The first kappa shape index (κ1) is 10.8. The van der Waals surface area contributed by atoms with E-state index < -0.39 is 5.97 Å². The maximum absolute atomic E-state index is 11.0. The van der Waals surface area contributed by atoms with Gasteiger partial charge in [-0.15, -0.1) is 0 Å². The molecule has 6 heteroatoms. The Kier molecular flexibility index (Phi) is 2.74. The zero-order valence-corrected chi connectivity index (χ0v) is 9.97. The summed E-state index contributed by atoms with van der Waals surface area (Å²) in [7, 11) is 1.60. The summed E-state index contributed by atoms with van der Waals surface area (Å²) in [4.78, 5) is 14.9. The van der Waals surface area contributed by atoms with Crippen LogP contribution < -0.4 is 0 Å². The fourth-order valence-electron chi connectivity index (χ4n) is 1.42. The third-order valence-electron chi connectivity index (χ3n) is 2.15. The number of aromatic carboxylic acids is 1. The number of carboxylic acid groups (broad SMARTS) is 1. The number of carbonyl (C=O) groups is 1. The van der Waals surface area contributed by atoms with E-state index in [9.17, 15) is 4.79 Å². The van der Waals surface area contributed by atoms with Crippen molar-refractivity contribution in [1.82, 2.24) is 14.8 Å². The summed E-state index contributed by atoms with van der Waals surface area (Å²) in [6, 6.07) is 3.55. The molecule has 0 aromatic carbocycles. The van der Waals surface area contributed by atoms with Gasteiger partial charge < -0.3 is 5.11 Å². The molecular weight excluding hydrogens is 274 g/mol. The molecular formula is C10H8BrN3O2. The summed E-state index contributed by atoms with van der Waals surface area (Å²) in [5.41, 5.74) is 1.55. The van der Waals surface area contributed by atoms with Crippen LogP contribution in [0.3, 0.4) is 0 Å². The van der Waals surface area contributed by atoms with Gasteiger partial charge in [0, 0.05) is 25.0 Å². The maximum Gasteiger partial charge on any atom is 0.355 e. The van der Waals surface area contributed by atoms with Gasteiger partial charge in [0.25, 0.3) is 0 Å². The molecule has 0 amide bonds. The fraction of sp³-hybridized carbons (Fsp3) is 0.100. The van der Waals surface area contributed by atoms with Crippen molar-refractivity contribution in [3.8, 4) is 11.3 Å². The van der Waals surface area contributed by atoms with Gasteiger partial charge in [-0.2, -0.15) is 5.10 Å². The molecule has 0 fully saturated rings. The molecule has 2 heterocycles. The number of rotatable bonds is 2. The number of hydrogen-bond acceptors (Lipinski definition) is 3. The molecule has 82 valence electrons. The molecule has 0 saturated carbocycles. The minimum Gasteiger partial charge on any atom is -0.476 e. The Morgan fingerprint density at radius 2 is 2.06 bits per heavy atom. The smallest absolute Gasteiger partial charge is 0.355 e. The second kappa shape index (κ2) is 4.05. The molecule has 2 rings (SSSR count). The minimum absolute atomic E-state index is 0.131. The number of halogens is 1. The Morgan fingerprint density at radius 3 is 2.56 bits per heavy atom. The number of aromatic nitrogens is 3. The summed E-state index contributed by atoms with van der Waals surface area (Å²) >= 11 is 3.25. The number of nitrogens with zero attached hydrogens (tertiary/aromatic N) is 3. The second-order valence-electron chi connectivity index (χ2n) is 3.18. The lowest BCUT2D eigenvalue weighted by molar-refractivity contribution is 0.0684. The molecule has 1 N–H and O–H groups in total. The lowest BCUT2D eigenvalue weighted by atomic mass is 10.2. The molecule has 16 heavy (non-hydrogen) atoms. The second-order valence-corrected chi connectivity index (χ2v) is 3.97. The van der Waals surface area contributed by atoms with Gasteiger partial charge in [0.15, 0.2) is 5.69 Å². The normalized spacial score (nSPS) is 10.4. The average Bonchev–Trinajstić information content (AvgIpc) is 2.55. The first-order chi connectivity index (χ1) is 7.61. The van der Waals surface area contributed by atoms with Gasteiger partial charge in [-0.1, -0.05) is 0 Å². The van der Waals surface area contributed by atoms with Crippen LogP contribution in [-0.2, 0) is 7.05 Å². The van der Waals surface area contributed by atoms with Crippen molar-refractivity contribution >= 4 is 21.9 Å². The highest BCUT2D eigenvalue weighted by Crippen LogP contribution is 2.29. The number of aryl methyl sites for hydroxylation is 1. The minimum atomic E-state index is -1.01. The monoisotopic (exact) mass is 281 g/mol. The van der Waals surface area contributed by atoms with Crippen LogP contribution in [0.25, 0.3) is 11.3 Å². The summed E-state index contributed by atoms with van der Waals surface area (Å²) in [6.45, 7) is 0. The summed E-state index contributed by atoms with van der Waals surface area (Å²) in [5, 5.41) is 13.2. The van der Waals surface area contributed by atoms with Crippen molar-refractivity contribution in [2.24, 2.45) is 7.05 Å². The van der Waals surface area contributed by atoms with Crippen LogP contribution in [0.15, 0.2) is 29.0 Å². The fourth-order valence-corrected chi connectivity index (χ4v) is 2.16. The summed E-state index contributed by atoms with van der Waals surface area (Å²) in [5.74, 6) is -1.01. The predicted molar refractivity (Wildman–Crippen MR) is 61.1 cm³/mol. The van der Waals surface area contributed by atoms with Crippen LogP contribution >= 0.6 is 15.9 Å². The van der Waals surface area contributed by atoms with E-state index >= 15 is 0 Å². The van der Waals surface area contributed by atoms with E-state index in [-0.39, 0.29) is 5.69 Å². The third kappa shape index (κ3) is 1.71. The van der Waals surface area contributed by atoms with Gasteiger partial charge in [-0.05, 0) is 28.1 Å². The van der Waals surface area contributed by atoms with Gasteiger partial charge in [0.05, 0.1) is 4.47 Å². The zero-order chi connectivity index (χ0) is 11.7. The highest BCUT2D eigenvalue weighted by Gasteiger charge is 2.20. The lowest BCUT2D eigenvalue weighted by Gasteiger charge is -1.95. The number of hydrogen-bond donors (Lipinski definition) is 1. The van der Waals surface area contributed by atoms with E-state index in [1.807, 2.05) is 0 Å².